The first-order chi connectivity index (χ1) is 6.76. The van der Waals surface area contributed by atoms with Crippen LogP contribution in [-0.2, 0) is 17.6 Å². The number of carbonyl (C=O) groups excluding carboxylic acids is 1. The molecule has 2 rings (SSSR count). The number of aromatic nitrogens is 2. The van der Waals surface area contributed by atoms with Crippen LogP contribution in [0.15, 0.2) is 0 Å². The molecular formula is C9H11IN2O2. The van der Waals surface area contributed by atoms with Crippen LogP contribution < -0.4 is 0 Å². The second kappa shape index (κ2) is 3.98. The van der Waals surface area contributed by atoms with Crippen molar-refractivity contribution in [3.8, 4) is 0 Å². The predicted molar refractivity (Wildman–Crippen MR) is 59.7 cm³/mol. The summed E-state index contributed by atoms with van der Waals surface area (Å²) in [4.78, 5) is 10.7. The van der Waals surface area contributed by atoms with E-state index in [4.69, 9.17) is 5.11 Å². The maximum Gasteiger partial charge on any atom is 0.234 e. The molecule has 1 unspecified atom stereocenters. The third kappa shape index (κ3) is 1.58. The summed E-state index contributed by atoms with van der Waals surface area (Å²) in [5, 5.41) is 13.2. The van der Waals surface area contributed by atoms with Crippen molar-refractivity contribution in [2.45, 2.75) is 19.3 Å². The average molecular weight is 306 g/mol. The molecule has 1 N–H and O–H groups in total. The normalized spacial score (nSPS) is 20.6. The molecule has 0 fully saturated rings. The zero-order chi connectivity index (χ0) is 10.1. The van der Waals surface area contributed by atoms with E-state index >= 15 is 0 Å². The van der Waals surface area contributed by atoms with E-state index in [-0.39, 0.29) is 12.5 Å². The molecule has 0 aliphatic heterocycles. The topological polar surface area (TPSA) is 55.1 Å². The molecule has 0 saturated carbocycles. The maximum atomic E-state index is 10.7. The van der Waals surface area contributed by atoms with E-state index in [0.717, 1.165) is 35.1 Å². The van der Waals surface area contributed by atoms with Gasteiger partial charge in [-0.15, -0.1) is 0 Å². The Hall–Kier alpha value is -0.430. The van der Waals surface area contributed by atoms with Crippen LogP contribution in [-0.4, -0.2) is 27.9 Å². The third-order valence-electron chi connectivity index (χ3n) is 2.71. The summed E-state index contributed by atoms with van der Waals surface area (Å²) in [6.45, 7) is 0.195. The fraction of sp³-hybridized carbons (Fsp3) is 0.556. The van der Waals surface area contributed by atoms with Gasteiger partial charge in [0.2, 0.25) is 6.41 Å². The summed E-state index contributed by atoms with van der Waals surface area (Å²) >= 11 is 2.15. The zero-order valence-electron chi connectivity index (χ0n) is 7.61. The van der Waals surface area contributed by atoms with Gasteiger partial charge in [-0.25, -0.2) is 4.68 Å². The van der Waals surface area contributed by atoms with Crippen molar-refractivity contribution < 1.29 is 9.90 Å². The molecule has 0 radical (unpaired) electrons. The molecule has 0 amide bonds. The highest BCUT2D eigenvalue weighted by Crippen LogP contribution is 2.27. The van der Waals surface area contributed by atoms with E-state index in [1.165, 1.54) is 10.2 Å². The Labute approximate surface area is 95.4 Å². The Morgan fingerprint density at radius 2 is 2.50 bits per heavy atom. The molecule has 0 spiro atoms. The number of hydrogen-bond donors (Lipinski definition) is 1. The fourth-order valence-corrected chi connectivity index (χ4v) is 2.72. The predicted octanol–water partition coefficient (Wildman–Crippen LogP) is 0.623. The van der Waals surface area contributed by atoms with Crippen LogP contribution >= 0.6 is 22.6 Å². The summed E-state index contributed by atoms with van der Waals surface area (Å²) in [6.07, 6.45) is 3.41. The van der Waals surface area contributed by atoms with E-state index in [9.17, 15) is 4.79 Å². The van der Waals surface area contributed by atoms with Gasteiger partial charge in [-0.2, -0.15) is 5.10 Å². The minimum Gasteiger partial charge on any atom is -0.396 e. The molecule has 1 heterocycles. The average Bonchev–Trinajstić information content (AvgIpc) is 2.55. The number of carbonyl (C=O) groups is 1. The summed E-state index contributed by atoms with van der Waals surface area (Å²) in [5.74, 6) is 0.286. The van der Waals surface area contributed by atoms with Crippen molar-refractivity contribution in [1.29, 1.82) is 0 Å². The molecule has 0 saturated heterocycles. The molecule has 1 aromatic rings. The van der Waals surface area contributed by atoms with E-state index in [0.29, 0.717) is 0 Å². The zero-order valence-corrected chi connectivity index (χ0v) is 9.77. The summed E-state index contributed by atoms with van der Waals surface area (Å²) in [5.41, 5.74) is 2.16. The Bertz CT molecular complexity index is 362. The first-order valence-electron chi connectivity index (χ1n) is 4.58. The van der Waals surface area contributed by atoms with Gasteiger partial charge in [-0.05, 0) is 47.8 Å². The van der Waals surface area contributed by atoms with E-state index in [2.05, 4.69) is 27.7 Å². The van der Waals surface area contributed by atoms with Crippen molar-refractivity contribution in [2.24, 2.45) is 5.92 Å². The molecule has 1 aromatic heterocycles. The quantitative estimate of drug-likeness (QED) is 0.644. The molecule has 76 valence electrons. The van der Waals surface area contributed by atoms with Gasteiger partial charge in [0.1, 0.15) is 3.70 Å². The lowest BCUT2D eigenvalue weighted by Crippen LogP contribution is -2.19. The van der Waals surface area contributed by atoms with Gasteiger partial charge in [0.15, 0.2) is 0 Å². The molecular weight excluding hydrogens is 295 g/mol. The summed E-state index contributed by atoms with van der Waals surface area (Å²) in [6, 6.07) is 0. The minimum absolute atomic E-state index is 0.195. The van der Waals surface area contributed by atoms with Crippen LogP contribution in [0.5, 0.6) is 0 Å². The van der Waals surface area contributed by atoms with Crippen molar-refractivity contribution in [3.05, 3.63) is 15.0 Å². The number of aliphatic hydroxyl groups is 1. The van der Waals surface area contributed by atoms with Crippen LogP contribution in [0.2, 0.25) is 0 Å². The molecule has 1 atom stereocenters. The van der Waals surface area contributed by atoms with E-state index in [1.54, 1.807) is 0 Å². The number of nitrogens with zero attached hydrogens (tertiary/aromatic N) is 2. The van der Waals surface area contributed by atoms with Gasteiger partial charge < -0.3 is 5.11 Å². The van der Waals surface area contributed by atoms with Crippen molar-refractivity contribution in [1.82, 2.24) is 9.78 Å². The standard InChI is InChI=1S/C9H11IN2O2/c10-9-7-2-1-6(4-13)3-8(7)12(5-14)11-9/h5-6,13H,1-4H2. The lowest BCUT2D eigenvalue weighted by Gasteiger charge is -2.20. The van der Waals surface area contributed by atoms with Gasteiger partial charge in [0, 0.05) is 12.2 Å². The second-order valence-electron chi connectivity index (χ2n) is 3.56. The van der Waals surface area contributed by atoms with Crippen LogP contribution in [0.25, 0.3) is 0 Å². The number of halogens is 1. The smallest absolute Gasteiger partial charge is 0.234 e. The van der Waals surface area contributed by atoms with Crippen LogP contribution in [0.3, 0.4) is 0 Å². The van der Waals surface area contributed by atoms with Gasteiger partial charge in [-0.3, -0.25) is 4.79 Å². The Morgan fingerprint density at radius 1 is 1.71 bits per heavy atom. The summed E-state index contributed by atoms with van der Waals surface area (Å²) in [7, 11) is 0. The summed E-state index contributed by atoms with van der Waals surface area (Å²) < 4.78 is 2.32. The highest BCUT2D eigenvalue weighted by Gasteiger charge is 2.24. The van der Waals surface area contributed by atoms with Gasteiger partial charge >= 0.3 is 0 Å². The number of aliphatic hydroxyl groups excluding tert-OH is 1. The molecule has 0 aromatic carbocycles. The molecule has 5 heteroatoms. The second-order valence-corrected chi connectivity index (χ2v) is 4.58. The molecule has 1 aliphatic rings. The molecule has 0 bridgehead atoms. The van der Waals surface area contributed by atoms with Gasteiger partial charge in [0.25, 0.3) is 0 Å². The number of hydrogen-bond acceptors (Lipinski definition) is 3. The first-order valence-corrected chi connectivity index (χ1v) is 5.66. The van der Waals surface area contributed by atoms with Crippen molar-refractivity contribution in [2.75, 3.05) is 6.61 Å². The van der Waals surface area contributed by atoms with Gasteiger partial charge in [0.05, 0.1) is 5.69 Å². The molecule has 4 nitrogen and oxygen atoms in total. The third-order valence-corrected chi connectivity index (χ3v) is 3.58. The SMILES string of the molecule is O=Cn1nc(I)c2c1CC(CO)CC2. The van der Waals surface area contributed by atoms with Crippen LogP contribution in [0.4, 0.5) is 0 Å². The van der Waals surface area contributed by atoms with Crippen molar-refractivity contribution >= 4 is 29.0 Å². The lowest BCUT2D eigenvalue weighted by atomic mass is 9.89. The number of fused-ring (bicyclic) bond motifs is 1. The first kappa shape index (κ1) is 10.1. The monoisotopic (exact) mass is 306 g/mol. The minimum atomic E-state index is 0.195. The largest absolute Gasteiger partial charge is 0.396 e. The molecule has 1 aliphatic carbocycles. The van der Waals surface area contributed by atoms with E-state index < -0.39 is 0 Å². The Kier molecular flexibility index (Phi) is 2.87. The van der Waals surface area contributed by atoms with E-state index in [1.807, 2.05) is 0 Å². The van der Waals surface area contributed by atoms with Crippen LogP contribution in [0, 0.1) is 9.62 Å². The fourth-order valence-electron chi connectivity index (χ4n) is 1.90. The highest BCUT2D eigenvalue weighted by molar-refractivity contribution is 14.1. The lowest BCUT2D eigenvalue weighted by molar-refractivity contribution is 0.212. The Morgan fingerprint density at radius 3 is 3.14 bits per heavy atom. The Balaban J connectivity index is 2.38. The molecule has 14 heavy (non-hydrogen) atoms. The maximum absolute atomic E-state index is 10.7. The van der Waals surface area contributed by atoms with Crippen LogP contribution in [0.1, 0.15) is 17.7 Å². The highest BCUT2D eigenvalue weighted by atomic mass is 127. The van der Waals surface area contributed by atoms with Crippen molar-refractivity contribution in [3.63, 3.8) is 0 Å². The number of rotatable bonds is 2. The van der Waals surface area contributed by atoms with Gasteiger partial charge in [-0.1, -0.05) is 0 Å².